The monoisotopic (exact) mass is 443 g/mol. The summed E-state index contributed by atoms with van der Waals surface area (Å²) >= 11 is 0. The van der Waals surface area contributed by atoms with Gasteiger partial charge in [-0.25, -0.2) is 4.39 Å². The molecule has 5 heteroatoms. The Hall–Kier alpha value is -3.65. The highest BCUT2D eigenvalue weighted by Gasteiger charge is 2.26. The van der Waals surface area contributed by atoms with Gasteiger partial charge in [-0.15, -0.1) is 5.92 Å². The Morgan fingerprint density at radius 2 is 2.06 bits per heavy atom. The third-order valence-corrected chi connectivity index (χ3v) is 6.03. The van der Waals surface area contributed by atoms with Crippen LogP contribution in [0, 0.1) is 31.5 Å². The second kappa shape index (κ2) is 9.46. The average molecular weight is 444 g/mol. The van der Waals surface area contributed by atoms with E-state index in [2.05, 4.69) is 16.8 Å². The Labute approximate surface area is 193 Å². The first-order valence-electron chi connectivity index (χ1n) is 11.0. The SMILES string of the molecule is CC#CC(CC(=O)O)c1ccc2c(c1)CCC(c1cc(-c3cnc(C)cc3C)ccc1F)O2. The summed E-state index contributed by atoms with van der Waals surface area (Å²) in [5.74, 6) is 4.97. The van der Waals surface area contributed by atoms with Crippen molar-refractivity contribution in [3.05, 3.63) is 82.4 Å². The molecule has 4 rings (SSSR count). The van der Waals surface area contributed by atoms with Gasteiger partial charge in [0, 0.05) is 23.0 Å². The molecule has 1 aromatic heterocycles. The highest BCUT2D eigenvalue weighted by molar-refractivity contribution is 5.69. The highest BCUT2D eigenvalue weighted by Crippen LogP contribution is 2.39. The lowest BCUT2D eigenvalue weighted by Crippen LogP contribution is -2.17. The Kier molecular flexibility index (Phi) is 6.46. The van der Waals surface area contributed by atoms with Crippen LogP contribution < -0.4 is 4.74 Å². The summed E-state index contributed by atoms with van der Waals surface area (Å²) in [6, 6.07) is 12.8. The van der Waals surface area contributed by atoms with E-state index in [0.717, 1.165) is 33.5 Å². The summed E-state index contributed by atoms with van der Waals surface area (Å²) < 4.78 is 21.0. The molecule has 0 radical (unpaired) electrons. The van der Waals surface area contributed by atoms with Gasteiger partial charge in [-0.3, -0.25) is 9.78 Å². The molecule has 0 fully saturated rings. The minimum atomic E-state index is -0.883. The number of halogens is 1. The van der Waals surface area contributed by atoms with Crippen LogP contribution in [0.5, 0.6) is 5.75 Å². The number of aliphatic carboxylic acids is 1. The number of benzene rings is 2. The molecular weight excluding hydrogens is 417 g/mol. The van der Waals surface area contributed by atoms with Crippen molar-refractivity contribution in [1.82, 2.24) is 4.98 Å². The summed E-state index contributed by atoms with van der Waals surface area (Å²) in [4.78, 5) is 15.6. The third-order valence-electron chi connectivity index (χ3n) is 6.03. The summed E-state index contributed by atoms with van der Waals surface area (Å²) in [7, 11) is 0. The van der Waals surface area contributed by atoms with Gasteiger partial charge in [0.15, 0.2) is 0 Å². The van der Waals surface area contributed by atoms with Gasteiger partial charge in [0.1, 0.15) is 17.7 Å². The molecule has 1 aliphatic rings. The Morgan fingerprint density at radius 1 is 1.24 bits per heavy atom. The first-order chi connectivity index (χ1) is 15.9. The minimum Gasteiger partial charge on any atom is -0.485 e. The molecule has 2 aromatic carbocycles. The van der Waals surface area contributed by atoms with Crippen molar-refractivity contribution in [2.45, 2.75) is 52.1 Å². The van der Waals surface area contributed by atoms with Crippen LogP contribution in [0.1, 0.15) is 59.7 Å². The summed E-state index contributed by atoms with van der Waals surface area (Å²) in [6.45, 7) is 5.68. The van der Waals surface area contributed by atoms with Crippen molar-refractivity contribution in [3.63, 3.8) is 0 Å². The zero-order chi connectivity index (χ0) is 23.5. The molecule has 2 unspecified atom stereocenters. The van der Waals surface area contributed by atoms with Crippen molar-refractivity contribution in [3.8, 4) is 28.7 Å². The smallest absolute Gasteiger partial charge is 0.304 e. The number of fused-ring (bicyclic) bond motifs is 1. The molecule has 0 saturated heterocycles. The number of nitrogens with zero attached hydrogens (tertiary/aromatic N) is 1. The summed E-state index contributed by atoms with van der Waals surface area (Å²) in [5, 5.41) is 9.20. The number of pyridine rings is 1. The van der Waals surface area contributed by atoms with E-state index in [9.17, 15) is 14.3 Å². The number of ether oxygens (including phenoxy) is 1. The lowest BCUT2D eigenvalue weighted by atomic mass is 9.90. The van der Waals surface area contributed by atoms with Gasteiger partial charge >= 0.3 is 5.97 Å². The zero-order valence-electron chi connectivity index (χ0n) is 19.0. The molecule has 33 heavy (non-hydrogen) atoms. The molecule has 2 atom stereocenters. The normalized spacial score (nSPS) is 15.6. The standard InChI is InChI=1S/C28H26FNO3/c1-4-5-19(15-28(31)32)20-7-10-26-22(13-20)8-11-27(33-26)23-14-21(6-9-25(23)29)24-16-30-18(3)12-17(24)2/h6-7,9-10,12-14,16,19,27H,8,11,15H2,1-3H3,(H,31,32). The van der Waals surface area contributed by atoms with Crippen LogP contribution in [-0.2, 0) is 11.2 Å². The fourth-order valence-corrected chi connectivity index (χ4v) is 4.40. The van der Waals surface area contributed by atoms with Crippen molar-refractivity contribution in [1.29, 1.82) is 0 Å². The van der Waals surface area contributed by atoms with Crippen LogP contribution in [0.3, 0.4) is 0 Å². The van der Waals surface area contributed by atoms with Gasteiger partial charge < -0.3 is 9.84 Å². The van der Waals surface area contributed by atoms with E-state index < -0.39 is 12.1 Å². The Balaban J connectivity index is 1.61. The lowest BCUT2D eigenvalue weighted by molar-refractivity contribution is -0.137. The number of carbonyl (C=O) groups is 1. The minimum absolute atomic E-state index is 0.0472. The molecule has 1 aliphatic heterocycles. The molecule has 0 aliphatic carbocycles. The van der Waals surface area contributed by atoms with E-state index in [0.29, 0.717) is 24.2 Å². The zero-order valence-corrected chi connectivity index (χ0v) is 19.0. The maximum absolute atomic E-state index is 14.8. The molecule has 1 N–H and O–H groups in total. The molecule has 2 heterocycles. The van der Waals surface area contributed by atoms with Crippen LogP contribution in [0.4, 0.5) is 4.39 Å². The van der Waals surface area contributed by atoms with Gasteiger partial charge in [0.2, 0.25) is 0 Å². The van der Waals surface area contributed by atoms with Crippen LogP contribution in [0.25, 0.3) is 11.1 Å². The molecule has 4 nitrogen and oxygen atoms in total. The quantitative estimate of drug-likeness (QED) is 0.480. The number of aryl methyl sites for hydroxylation is 3. The van der Waals surface area contributed by atoms with E-state index in [4.69, 9.17) is 4.74 Å². The largest absolute Gasteiger partial charge is 0.485 e. The molecule has 0 amide bonds. The number of hydrogen-bond donors (Lipinski definition) is 1. The van der Waals surface area contributed by atoms with E-state index in [1.807, 2.05) is 50.4 Å². The van der Waals surface area contributed by atoms with Gasteiger partial charge in [-0.1, -0.05) is 24.1 Å². The second-order valence-corrected chi connectivity index (χ2v) is 8.43. The molecule has 168 valence electrons. The third kappa shape index (κ3) is 4.90. The maximum atomic E-state index is 14.8. The van der Waals surface area contributed by atoms with Gasteiger partial charge in [0.05, 0.1) is 12.3 Å². The number of rotatable bonds is 5. The van der Waals surface area contributed by atoms with E-state index in [1.165, 1.54) is 6.07 Å². The van der Waals surface area contributed by atoms with E-state index in [-0.39, 0.29) is 18.2 Å². The fourth-order valence-electron chi connectivity index (χ4n) is 4.40. The van der Waals surface area contributed by atoms with Crippen molar-refractivity contribution in [2.75, 3.05) is 0 Å². The first kappa shape index (κ1) is 22.5. The number of carboxylic acid groups (broad SMARTS) is 1. The maximum Gasteiger partial charge on any atom is 0.304 e. The van der Waals surface area contributed by atoms with Gasteiger partial charge in [-0.05, 0) is 80.1 Å². The summed E-state index contributed by atoms with van der Waals surface area (Å²) in [6.07, 6.45) is 2.72. The highest BCUT2D eigenvalue weighted by atomic mass is 19.1. The fraction of sp³-hybridized carbons (Fsp3) is 0.286. The number of carboxylic acids is 1. The topological polar surface area (TPSA) is 59.4 Å². The van der Waals surface area contributed by atoms with Gasteiger partial charge in [-0.2, -0.15) is 0 Å². The number of hydrogen-bond acceptors (Lipinski definition) is 3. The molecule has 3 aromatic rings. The molecule has 0 bridgehead atoms. The first-order valence-corrected chi connectivity index (χ1v) is 11.0. The van der Waals surface area contributed by atoms with E-state index in [1.54, 1.807) is 13.0 Å². The van der Waals surface area contributed by atoms with E-state index >= 15 is 0 Å². The molecule has 0 saturated carbocycles. The Morgan fingerprint density at radius 3 is 2.79 bits per heavy atom. The second-order valence-electron chi connectivity index (χ2n) is 8.43. The predicted molar refractivity (Wildman–Crippen MR) is 126 cm³/mol. The van der Waals surface area contributed by atoms with Crippen molar-refractivity contribution >= 4 is 5.97 Å². The van der Waals surface area contributed by atoms with Crippen LogP contribution in [0.15, 0.2) is 48.7 Å². The predicted octanol–water partition coefficient (Wildman–Crippen LogP) is 6.15. The Bertz CT molecular complexity index is 1270. The van der Waals surface area contributed by atoms with Crippen LogP contribution >= 0.6 is 0 Å². The van der Waals surface area contributed by atoms with Crippen LogP contribution in [0.2, 0.25) is 0 Å². The molecule has 0 spiro atoms. The van der Waals surface area contributed by atoms with Crippen LogP contribution in [-0.4, -0.2) is 16.1 Å². The van der Waals surface area contributed by atoms with Crippen molar-refractivity contribution in [2.24, 2.45) is 0 Å². The summed E-state index contributed by atoms with van der Waals surface area (Å²) in [5.41, 5.74) is 6.31. The number of aromatic nitrogens is 1. The average Bonchev–Trinajstić information content (AvgIpc) is 2.78. The van der Waals surface area contributed by atoms with Gasteiger partial charge in [0.25, 0.3) is 0 Å². The lowest BCUT2D eigenvalue weighted by Gasteiger charge is -2.28. The van der Waals surface area contributed by atoms with Crippen molar-refractivity contribution < 1.29 is 19.0 Å². The molecular formula is C28H26FNO3.